The maximum atomic E-state index is 14.0. The summed E-state index contributed by atoms with van der Waals surface area (Å²) >= 11 is 6.09. The van der Waals surface area contributed by atoms with Gasteiger partial charge >= 0.3 is 0 Å². The Balaban J connectivity index is 1.75. The molecule has 0 aliphatic rings. The Morgan fingerprint density at radius 3 is 2.23 bits per heavy atom. The van der Waals surface area contributed by atoms with E-state index in [1.165, 1.54) is 11.6 Å². The topological polar surface area (TPSA) is 57.5 Å². The molecule has 2 aromatic carbocycles. The minimum Gasteiger partial charge on any atom is -0.496 e. The van der Waals surface area contributed by atoms with Gasteiger partial charge in [-0.05, 0) is 26.0 Å². The lowest BCUT2D eigenvalue weighted by atomic mass is 10.1. The van der Waals surface area contributed by atoms with Crippen LogP contribution in [0.3, 0.4) is 0 Å². The van der Waals surface area contributed by atoms with E-state index in [2.05, 4.69) is 10.4 Å². The van der Waals surface area contributed by atoms with Crippen LogP contribution in [0.25, 0.3) is 0 Å². The molecule has 0 fully saturated rings. The maximum Gasteiger partial charge on any atom is 0.131 e. The van der Waals surface area contributed by atoms with Crippen molar-refractivity contribution in [3.8, 4) is 17.2 Å². The van der Waals surface area contributed by atoms with Crippen molar-refractivity contribution in [2.75, 3.05) is 14.2 Å². The smallest absolute Gasteiger partial charge is 0.131 e. The molecule has 0 radical (unpaired) electrons. The van der Waals surface area contributed by atoms with Crippen molar-refractivity contribution in [2.45, 2.75) is 33.5 Å². The van der Waals surface area contributed by atoms with Gasteiger partial charge in [-0.2, -0.15) is 5.10 Å². The lowest BCUT2D eigenvalue weighted by Gasteiger charge is -2.17. The molecule has 166 valence electrons. The maximum absolute atomic E-state index is 14.0. The Kier molecular flexibility index (Phi) is 7.41. The zero-order valence-electron chi connectivity index (χ0n) is 18.4. The molecule has 0 bridgehead atoms. The second kappa shape index (κ2) is 10.0. The molecular formula is C23H27ClFN3O3. The first kappa shape index (κ1) is 22.9. The Morgan fingerprint density at radius 1 is 1.03 bits per heavy atom. The predicted octanol–water partition coefficient (Wildman–Crippen LogP) is 4.72. The lowest BCUT2D eigenvalue weighted by Crippen LogP contribution is -2.15. The van der Waals surface area contributed by atoms with Crippen molar-refractivity contribution >= 4 is 11.6 Å². The Bertz CT molecular complexity index is 1020. The minimum atomic E-state index is -0.409. The average molecular weight is 448 g/mol. The van der Waals surface area contributed by atoms with Crippen LogP contribution in [0.4, 0.5) is 4.39 Å². The second-order valence-corrected chi connectivity index (χ2v) is 7.58. The van der Waals surface area contributed by atoms with Crippen LogP contribution in [0.15, 0.2) is 30.3 Å². The molecule has 0 spiro atoms. The van der Waals surface area contributed by atoms with Gasteiger partial charge < -0.3 is 19.5 Å². The fraction of sp³-hybridized carbons (Fsp3) is 0.348. The van der Waals surface area contributed by atoms with Crippen LogP contribution in [0.1, 0.15) is 28.1 Å². The van der Waals surface area contributed by atoms with E-state index in [9.17, 15) is 4.39 Å². The summed E-state index contributed by atoms with van der Waals surface area (Å²) in [6, 6.07) is 8.06. The Labute approximate surface area is 186 Å². The van der Waals surface area contributed by atoms with Crippen molar-refractivity contribution in [1.29, 1.82) is 0 Å². The molecule has 0 unspecified atom stereocenters. The number of hydrogen-bond donors (Lipinski definition) is 1. The average Bonchev–Trinajstić information content (AvgIpc) is 2.99. The summed E-state index contributed by atoms with van der Waals surface area (Å²) in [6.45, 7) is 5.24. The molecule has 0 aliphatic heterocycles. The molecule has 0 saturated carbocycles. The van der Waals surface area contributed by atoms with Crippen molar-refractivity contribution < 1.29 is 18.6 Å². The normalized spacial score (nSPS) is 10.9. The highest BCUT2D eigenvalue weighted by Crippen LogP contribution is 2.35. The third-order valence-corrected chi connectivity index (χ3v) is 5.64. The number of aromatic nitrogens is 2. The van der Waals surface area contributed by atoms with Crippen LogP contribution >= 0.6 is 11.6 Å². The summed E-state index contributed by atoms with van der Waals surface area (Å²) in [4.78, 5) is 0. The predicted molar refractivity (Wildman–Crippen MR) is 119 cm³/mol. The van der Waals surface area contributed by atoms with E-state index in [1.54, 1.807) is 38.5 Å². The van der Waals surface area contributed by atoms with Crippen molar-refractivity contribution in [1.82, 2.24) is 15.1 Å². The first-order chi connectivity index (χ1) is 14.8. The number of methoxy groups -OCH3 is 2. The molecule has 3 aromatic rings. The quantitative estimate of drug-likeness (QED) is 0.514. The summed E-state index contributed by atoms with van der Waals surface area (Å²) in [5, 5.41) is 8.20. The second-order valence-electron chi connectivity index (χ2n) is 7.17. The number of halogens is 2. The standard InChI is InChI=1S/C23H27ClFN3O3/c1-14-17(15(2)28(3)27-14)11-26-12-18-22(29-4)9-16(10-23(18)30-5)31-13-19-20(24)7-6-8-21(19)25/h6-10,26H,11-13H2,1-5H3. The molecule has 1 heterocycles. The Hall–Kier alpha value is -2.77. The number of nitrogens with zero attached hydrogens (tertiary/aromatic N) is 2. The zero-order chi connectivity index (χ0) is 22.5. The molecule has 31 heavy (non-hydrogen) atoms. The van der Waals surface area contributed by atoms with Gasteiger partial charge in [-0.3, -0.25) is 4.68 Å². The van der Waals surface area contributed by atoms with Crippen LogP contribution in [0.5, 0.6) is 17.2 Å². The summed E-state index contributed by atoms with van der Waals surface area (Å²) < 4.78 is 32.8. The molecule has 0 amide bonds. The van der Waals surface area contributed by atoms with E-state index in [0.717, 1.165) is 17.0 Å². The van der Waals surface area contributed by atoms with E-state index in [4.69, 9.17) is 25.8 Å². The van der Waals surface area contributed by atoms with Crippen LogP contribution in [0, 0.1) is 19.7 Å². The van der Waals surface area contributed by atoms with Crippen LogP contribution < -0.4 is 19.5 Å². The van der Waals surface area contributed by atoms with E-state index in [-0.39, 0.29) is 6.61 Å². The number of aryl methyl sites for hydroxylation is 2. The largest absolute Gasteiger partial charge is 0.496 e. The number of benzene rings is 2. The van der Waals surface area contributed by atoms with E-state index >= 15 is 0 Å². The first-order valence-electron chi connectivity index (χ1n) is 9.86. The van der Waals surface area contributed by atoms with Gasteiger partial charge in [0.15, 0.2) is 0 Å². The molecule has 1 aromatic heterocycles. The highest BCUT2D eigenvalue weighted by atomic mass is 35.5. The lowest BCUT2D eigenvalue weighted by molar-refractivity contribution is 0.294. The van der Waals surface area contributed by atoms with Gasteiger partial charge in [0.1, 0.15) is 29.7 Å². The highest BCUT2D eigenvalue weighted by Gasteiger charge is 2.16. The highest BCUT2D eigenvalue weighted by molar-refractivity contribution is 6.31. The molecule has 8 heteroatoms. The fourth-order valence-corrected chi connectivity index (χ4v) is 3.65. The van der Waals surface area contributed by atoms with Gasteiger partial charge in [0.2, 0.25) is 0 Å². The van der Waals surface area contributed by atoms with Gasteiger partial charge in [0.25, 0.3) is 0 Å². The fourth-order valence-electron chi connectivity index (χ4n) is 3.43. The molecule has 6 nitrogen and oxygen atoms in total. The van der Waals surface area contributed by atoms with Crippen LogP contribution in [0.2, 0.25) is 5.02 Å². The van der Waals surface area contributed by atoms with Crippen LogP contribution in [-0.4, -0.2) is 24.0 Å². The summed E-state index contributed by atoms with van der Waals surface area (Å²) in [5.41, 5.74) is 4.46. The molecule has 3 rings (SSSR count). The molecule has 0 aliphatic carbocycles. The molecular weight excluding hydrogens is 421 g/mol. The number of ether oxygens (including phenoxy) is 3. The number of hydrogen-bond acceptors (Lipinski definition) is 5. The van der Waals surface area contributed by atoms with E-state index in [0.29, 0.717) is 40.9 Å². The summed E-state index contributed by atoms with van der Waals surface area (Å²) in [7, 11) is 5.11. The van der Waals surface area contributed by atoms with Gasteiger partial charge in [0.05, 0.1) is 30.5 Å². The first-order valence-corrected chi connectivity index (χ1v) is 10.2. The molecule has 1 N–H and O–H groups in total. The van der Waals surface area contributed by atoms with Gasteiger partial charge in [-0.25, -0.2) is 4.39 Å². The van der Waals surface area contributed by atoms with E-state index < -0.39 is 5.82 Å². The van der Waals surface area contributed by atoms with E-state index in [1.807, 2.05) is 25.6 Å². The van der Waals surface area contributed by atoms with Crippen molar-refractivity contribution in [3.05, 3.63) is 69.2 Å². The summed E-state index contributed by atoms with van der Waals surface area (Å²) in [5.74, 6) is 1.31. The monoisotopic (exact) mass is 447 g/mol. The SMILES string of the molecule is COc1cc(OCc2c(F)cccc2Cl)cc(OC)c1CNCc1c(C)nn(C)c1C. The Morgan fingerprint density at radius 2 is 1.68 bits per heavy atom. The number of nitrogens with one attached hydrogen (secondary N) is 1. The van der Waals surface area contributed by atoms with Gasteiger partial charge in [-0.15, -0.1) is 0 Å². The third-order valence-electron chi connectivity index (χ3n) is 5.29. The van der Waals surface area contributed by atoms with Crippen molar-refractivity contribution in [2.24, 2.45) is 7.05 Å². The number of rotatable bonds is 9. The molecule has 0 saturated heterocycles. The third kappa shape index (κ3) is 5.11. The van der Waals surface area contributed by atoms with Gasteiger partial charge in [0, 0.05) is 49.1 Å². The van der Waals surface area contributed by atoms with Gasteiger partial charge in [-0.1, -0.05) is 17.7 Å². The minimum absolute atomic E-state index is 0.00499. The van der Waals surface area contributed by atoms with Crippen LogP contribution in [-0.2, 0) is 26.7 Å². The summed E-state index contributed by atoms with van der Waals surface area (Å²) in [6.07, 6.45) is 0. The molecule has 0 atom stereocenters. The van der Waals surface area contributed by atoms with Crippen molar-refractivity contribution in [3.63, 3.8) is 0 Å². The zero-order valence-corrected chi connectivity index (χ0v) is 19.1.